The van der Waals surface area contributed by atoms with Crippen LogP contribution >= 0.6 is 0 Å². The summed E-state index contributed by atoms with van der Waals surface area (Å²) in [4.78, 5) is 15.9. The number of rotatable bonds is 4. The Kier molecular flexibility index (Phi) is 3.95. The third kappa shape index (κ3) is 2.71. The molecule has 3 rings (SSSR count). The molecule has 130 valence electrons. The molecule has 1 saturated heterocycles. The molecule has 24 heavy (non-hydrogen) atoms. The van der Waals surface area contributed by atoms with Crippen molar-refractivity contribution < 1.29 is 27.8 Å². The lowest BCUT2D eigenvalue weighted by Gasteiger charge is -2.27. The second kappa shape index (κ2) is 5.70. The largest absolute Gasteiger partial charge is 0.497 e. The number of H-pyrrole nitrogens is 1. The third-order valence-corrected chi connectivity index (χ3v) is 4.58. The van der Waals surface area contributed by atoms with E-state index in [-0.39, 0.29) is 13.1 Å². The van der Waals surface area contributed by atoms with E-state index in [1.165, 1.54) is 4.90 Å². The molecule has 1 atom stereocenters. The summed E-state index contributed by atoms with van der Waals surface area (Å²) in [5, 5.41) is 9.98. The monoisotopic (exact) mass is 342 g/mol. The Morgan fingerprint density at radius 3 is 2.75 bits per heavy atom. The van der Waals surface area contributed by atoms with Crippen molar-refractivity contribution in [2.75, 3.05) is 20.2 Å². The first-order valence-electron chi connectivity index (χ1n) is 7.43. The molecule has 0 amide bonds. The number of methoxy groups -OCH3 is 1. The van der Waals surface area contributed by atoms with Gasteiger partial charge in [-0.1, -0.05) is 0 Å². The van der Waals surface area contributed by atoms with Crippen molar-refractivity contribution >= 4 is 16.9 Å². The maximum Gasteiger partial charge on any atom is 0.406 e. The van der Waals surface area contributed by atoms with Crippen molar-refractivity contribution in [2.24, 2.45) is 5.41 Å². The van der Waals surface area contributed by atoms with Crippen LogP contribution in [0.5, 0.6) is 5.75 Å². The molecule has 2 aromatic rings. The van der Waals surface area contributed by atoms with E-state index in [0.29, 0.717) is 5.75 Å². The predicted octanol–water partition coefficient (Wildman–Crippen LogP) is 3.02. The second-order valence-electron chi connectivity index (χ2n) is 6.09. The van der Waals surface area contributed by atoms with Crippen LogP contribution in [0.3, 0.4) is 0 Å². The highest BCUT2D eigenvalue weighted by atomic mass is 19.4. The van der Waals surface area contributed by atoms with Gasteiger partial charge in [-0.3, -0.25) is 9.69 Å². The highest BCUT2D eigenvalue weighted by molar-refractivity contribution is 5.82. The molecule has 0 spiro atoms. The van der Waals surface area contributed by atoms with Crippen LogP contribution in [0.4, 0.5) is 13.2 Å². The maximum absolute atomic E-state index is 13.2. The van der Waals surface area contributed by atoms with Crippen LogP contribution < -0.4 is 4.74 Å². The first-order valence-corrected chi connectivity index (χ1v) is 7.43. The van der Waals surface area contributed by atoms with E-state index in [1.807, 2.05) is 18.2 Å². The SMILES string of the molecule is COc1ccc2[nH]c(CN3CCC(C(=O)O)(C(F)(F)F)C3)cc2c1. The summed E-state index contributed by atoms with van der Waals surface area (Å²) in [6.45, 7) is -0.211. The minimum Gasteiger partial charge on any atom is -0.497 e. The van der Waals surface area contributed by atoms with Crippen molar-refractivity contribution in [1.29, 1.82) is 0 Å². The number of aromatic nitrogens is 1. The van der Waals surface area contributed by atoms with E-state index in [2.05, 4.69) is 4.98 Å². The number of alkyl halides is 3. The highest BCUT2D eigenvalue weighted by Gasteiger charge is 2.63. The molecule has 2 heterocycles. The summed E-state index contributed by atoms with van der Waals surface area (Å²) >= 11 is 0. The number of nitrogens with one attached hydrogen (secondary N) is 1. The number of nitrogens with zero attached hydrogens (tertiary/aromatic N) is 1. The summed E-state index contributed by atoms with van der Waals surface area (Å²) < 4.78 is 44.7. The summed E-state index contributed by atoms with van der Waals surface area (Å²) in [5.74, 6) is -1.12. The number of hydrogen-bond donors (Lipinski definition) is 2. The normalized spacial score (nSPS) is 22.2. The topological polar surface area (TPSA) is 65.6 Å². The molecule has 0 radical (unpaired) electrons. The van der Waals surface area contributed by atoms with Gasteiger partial charge in [0.25, 0.3) is 0 Å². The Bertz CT molecular complexity index is 772. The molecule has 5 nitrogen and oxygen atoms in total. The first-order chi connectivity index (χ1) is 11.2. The van der Waals surface area contributed by atoms with Gasteiger partial charge >= 0.3 is 12.1 Å². The number of carboxylic acid groups (broad SMARTS) is 1. The number of carboxylic acids is 1. The Morgan fingerprint density at radius 1 is 1.42 bits per heavy atom. The van der Waals surface area contributed by atoms with Crippen molar-refractivity contribution in [1.82, 2.24) is 9.88 Å². The number of hydrogen-bond acceptors (Lipinski definition) is 3. The fourth-order valence-electron chi connectivity index (χ4n) is 3.17. The van der Waals surface area contributed by atoms with Crippen LogP contribution in [0.2, 0.25) is 0 Å². The molecule has 1 aromatic carbocycles. The van der Waals surface area contributed by atoms with Gasteiger partial charge in [0.2, 0.25) is 0 Å². The second-order valence-corrected chi connectivity index (χ2v) is 6.09. The Morgan fingerprint density at radius 2 is 2.17 bits per heavy atom. The average Bonchev–Trinajstić information content (AvgIpc) is 3.10. The number of aromatic amines is 1. The van der Waals surface area contributed by atoms with E-state index < -0.39 is 30.5 Å². The number of halogens is 3. The highest BCUT2D eigenvalue weighted by Crippen LogP contribution is 2.46. The van der Waals surface area contributed by atoms with Gasteiger partial charge < -0.3 is 14.8 Å². The van der Waals surface area contributed by atoms with Gasteiger partial charge in [-0.05, 0) is 30.7 Å². The van der Waals surface area contributed by atoms with Gasteiger partial charge in [0.05, 0.1) is 7.11 Å². The zero-order chi connectivity index (χ0) is 17.5. The molecule has 2 N–H and O–H groups in total. The van der Waals surface area contributed by atoms with E-state index >= 15 is 0 Å². The smallest absolute Gasteiger partial charge is 0.406 e. The molecular weight excluding hydrogens is 325 g/mol. The van der Waals surface area contributed by atoms with Crippen molar-refractivity contribution in [3.63, 3.8) is 0 Å². The van der Waals surface area contributed by atoms with E-state index in [0.717, 1.165) is 16.6 Å². The molecular formula is C16H17F3N2O3. The van der Waals surface area contributed by atoms with Crippen LogP contribution in [-0.4, -0.2) is 47.3 Å². The Hall–Kier alpha value is -2.22. The van der Waals surface area contributed by atoms with Gasteiger partial charge in [0, 0.05) is 36.2 Å². The predicted molar refractivity (Wildman–Crippen MR) is 80.9 cm³/mol. The van der Waals surface area contributed by atoms with Crippen molar-refractivity contribution in [2.45, 2.75) is 19.1 Å². The summed E-state index contributed by atoms with van der Waals surface area (Å²) in [6, 6.07) is 7.29. The van der Waals surface area contributed by atoms with Crippen LogP contribution in [0.1, 0.15) is 12.1 Å². The lowest BCUT2D eigenvalue weighted by Crippen LogP contribution is -2.47. The summed E-state index contributed by atoms with van der Waals surface area (Å²) in [5.41, 5.74) is -1.09. The molecule has 1 aliphatic rings. The molecule has 1 aromatic heterocycles. The number of aliphatic carboxylic acids is 1. The molecule has 0 aliphatic carbocycles. The maximum atomic E-state index is 13.2. The Labute approximate surface area is 136 Å². The van der Waals surface area contributed by atoms with E-state index in [1.54, 1.807) is 13.2 Å². The molecule has 1 aliphatic heterocycles. The Balaban J connectivity index is 1.79. The third-order valence-electron chi connectivity index (χ3n) is 4.58. The zero-order valence-electron chi connectivity index (χ0n) is 13.0. The van der Waals surface area contributed by atoms with Crippen LogP contribution in [0, 0.1) is 5.41 Å². The lowest BCUT2D eigenvalue weighted by molar-refractivity contribution is -0.227. The first kappa shape index (κ1) is 16.6. The van der Waals surface area contributed by atoms with Gasteiger partial charge in [0.15, 0.2) is 5.41 Å². The van der Waals surface area contributed by atoms with Gasteiger partial charge in [-0.15, -0.1) is 0 Å². The fraction of sp³-hybridized carbons (Fsp3) is 0.438. The van der Waals surface area contributed by atoms with Gasteiger partial charge in [-0.2, -0.15) is 13.2 Å². The standard InChI is InChI=1S/C16H17F3N2O3/c1-24-12-2-3-13-10(7-12)6-11(20-13)8-21-5-4-15(9-21,14(22)23)16(17,18)19/h2-3,6-7,20H,4-5,8-9H2,1H3,(H,22,23). The number of ether oxygens (including phenoxy) is 1. The van der Waals surface area contributed by atoms with Crippen molar-refractivity contribution in [3.8, 4) is 5.75 Å². The summed E-state index contributed by atoms with van der Waals surface area (Å²) in [7, 11) is 1.56. The molecule has 0 saturated carbocycles. The number of likely N-dealkylation sites (tertiary alicyclic amines) is 1. The quantitative estimate of drug-likeness (QED) is 0.896. The molecule has 1 unspecified atom stereocenters. The van der Waals surface area contributed by atoms with Crippen LogP contribution in [0.25, 0.3) is 10.9 Å². The number of benzene rings is 1. The number of carbonyl (C=O) groups is 1. The molecule has 0 bridgehead atoms. The van der Waals surface area contributed by atoms with E-state index in [9.17, 15) is 18.0 Å². The van der Waals surface area contributed by atoms with Crippen molar-refractivity contribution in [3.05, 3.63) is 30.0 Å². The van der Waals surface area contributed by atoms with Gasteiger partial charge in [-0.25, -0.2) is 0 Å². The average molecular weight is 342 g/mol. The minimum atomic E-state index is -4.76. The number of fused-ring (bicyclic) bond motifs is 1. The van der Waals surface area contributed by atoms with E-state index in [4.69, 9.17) is 9.84 Å². The lowest BCUT2D eigenvalue weighted by atomic mass is 9.86. The summed E-state index contributed by atoms with van der Waals surface area (Å²) in [6.07, 6.45) is -5.19. The fourth-order valence-corrected chi connectivity index (χ4v) is 3.17. The minimum absolute atomic E-state index is 0.0878. The molecule has 8 heteroatoms. The molecule has 1 fully saturated rings. The zero-order valence-corrected chi connectivity index (χ0v) is 13.0. The van der Waals surface area contributed by atoms with Gasteiger partial charge in [0.1, 0.15) is 5.75 Å². The van der Waals surface area contributed by atoms with Crippen LogP contribution in [-0.2, 0) is 11.3 Å². The van der Waals surface area contributed by atoms with Crippen LogP contribution in [0.15, 0.2) is 24.3 Å².